The van der Waals surface area contributed by atoms with Crippen molar-refractivity contribution in [3.63, 3.8) is 0 Å². The Morgan fingerprint density at radius 1 is 1.17 bits per heavy atom. The van der Waals surface area contributed by atoms with Gasteiger partial charge < -0.3 is 10.6 Å². The maximum Gasteiger partial charge on any atom is 0.244 e. The average molecular weight is 373 g/mol. The average Bonchev–Trinajstić information content (AvgIpc) is 2.82. The fraction of sp³-hybridized carbons (Fsp3) is 0.412. The van der Waals surface area contributed by atoms with E-state index < -0.39 is 0 Å². The molecule has 24 heavy (non-hydrogen) atoms. The highest BCUT2D eigenvalue weighted by Crippen LogP contribution is 2.05. The second-order valence-corrected chi connectivity index (χ2v) is 5.49. The number of rotatable bonds is 7. The Labute approximate surface area is 156 Å². The van der Waals surface area contributed by atoms with Crippen molar-refractivity contribution in [1.82, 2.24) is 14.7 Å². The van der Waals surface area contributed by atoms with Crippen LogP contribution in [-0.4, -0.2) is 40.2 Å². The maximum atomic E-state index is 12.5. The van der Waals surface area contributed by atoms with Crippen molar-refractivity contribution in [3.8, 4) is 0 Å². The van der Waals surface area contributed by atoms with Gasteiger partial charge in [0.05, 0.1) is 5.69 Å². The minimum Gasteiger partial charge on any atom is -0.339 e. The fourth-order valence-electron chi connectivity index (χ4n) is 2.49. The molecule has 0 saturated heterocycles. The summed E-state index contributed by atoms with van der Waals surface area (Å²) < 4.78 is 1.75. The standard InChI is InChI=1S/C17H24N4O.2ClH/c1-14-12-15(2)21(19-14)13-17(22)20(11-9-18)10-8-16-6-4-3-5-7-16;;/h3-7,12H,8-11,13,18H2,1-2H3;2*1H. The lowest BCUT2D eigenvalue weighted by molar-refractivity contribution is -0.132. The predicted octanol–water partition coefficient (Wildman–Crippen LogP) is 2.37. The first-order chi connectivity index (χ1) is 10.6. The van der Waals surface area contributed by atoms with Crippen LogP contribution in [0.2, 0.25) is 0 Å². The Bertz CT molecular complexity index is 616. The van der Waals surface area contributed by atoms with E-state index in [1.807, 2.05) is 43.0 Å². The summed E-state index contributed by atoms with van der Waals surface area (Å²) in [5.41, 5.74) is 8.80. The molecule has 0 aliphatic heterocycles. The number of benzene rings is 1. The van der Waals surface area contributed by atoms with Gasteiger partial charge in [-0.3, -0.25) is 9.48 Å². The number of amides is 1. The molecule has 1 heterocycles. The van der Waals surface area contributed by atoms with E-state index in [4.69, 9.17) is 5.73 Å². The number of carbonyl (C=O) groups excluding carboxylic acids is 1. The van der Waals surface area contributed by atoms with E-state index in [1.165, 1.54) is 5.56 Å². The number of aryl methyl sites for hydroxylation is 2. The van der Waals surface area contributed by atoms with E-state index in [1.54, 1.807) is 4.68 Å². The van der Waals surface area contributed by atoms with Crippen molar-refractivity contribution in [2.24, 2.45) is 5.73 Å². The van der Waals surface area contributed by atoms with E-state index in [0.717, 1.165) is 17.8 Å². The number of carbonyl (C=O) groups is 1. The van der Waals surface area contributed by atoms with Gasteiger partial charge in [-0.15, -0.1) is 24.8 Å². The molecule has 134 valence electrons. The van der Waals surface area contributed by atoms with Crippen LogP contribution in [0.15, 0.2) is 36.4 Å². The third-order valence-corrected chi connectivity index (χ3v) is 3.65. The van der Waals surface area contributed by atoms with Crippen LogP contribution in [0.5, 0.6) is 0 Å². The van der Waals surface area contributed by atoms with Crippen LogP contribution in [-0.2, 0) is 17.8 Å². The molecule has 1 amide bonds. The molecular weight excluding hydrogens is 347 g/mol. The van der Waals surface area contributed by atoms with Crippen molar-refractivity contribution >= 4 is 30.7 Å². The normalized spacial score (nSPS) is 9.79. The van der Waals surface area contributed by atoms with Crippen LogP contribution in [0.1, 0.15) is 17.0 Å². The highest BCUT2D eigenvalue weighted by Gasteiger charge is 2.15. The quantitative estimate of drug-likeness (QED) is 0.811. The Kier molecular flexibility index (Phi) is 10.4. The molecule has 0 aliphatic rings. The number of nitrogens with zero attached hydrogens (tertiary/aromatic N) is 3. The second-order valence-electron chi connectivity index (χ2n) is 5.49. The highest BCUT2D eigenvalue weighted by molar-refractivity contribution is 5.85. The van der Waals surface area contributed by atoms with Gasteiger partial charge in [0.1, 0.15) is 6.54 Å². The molecule has 1 aromatic heterocycles. The zero-order valence-electron chi connectivity index (χ0n) is 14.1. The van der Waals surface area contributed by atoms with Crippen LogP contribution in [0.4, 0.5) is 0 Å². The molecule has 0 aliphatic carbocycles. The molecule has 2 aromatic rings. The van der Waals surface area contributed by atoms with E-state index >= 15 is 0 Å². The fourth-order valence-corrected chi connectivity index (χ4v) is 2.49. The molecule has 5 nitrogen and oxygen atoms in total. The molecule has 0 radical (unpaired) electrons. The number of nitrogens with two attached hydrogens (primary N) is 1. The lowest BCUT2D eigenvalue weighted by Crippen LogP contribution is -2.39. The first-order valence-corrected chi connectivity index (χ1v) is 7.63. The van der Waals surface area contributed by atoms with Crippen LogP contribution in [0.25, 0.3) is 0 Å². The minimum atomic E-state index is 0. The first-order valence-electron chi connectivity index (χ1n) is 7.63. The smallest absolute Gasteiger partial charge is 0.244 e. The van der Waals surface area contributed by atoms with Crippen LogP contribution < -0.4 is 5.73 Å². The third-order valence-electron chi connectivity index (χ3n) is 3.65. The van der Waals surface area contributed by atoms with Crippen molar-refractivity contribution in [3.05, 3.63) is 53.3 Å². The molecule has 0 saturated carbocycles. The third kappa shape index (κ3) is 6.51. The van der Waals surface area contributed by atoms with Crippen LogP contribution >= 0.6 is 24.8 Å². The molecule has 0 bridgehead atoms. The Balaban J connectivity index is 0.00000264. The molecule has 7 heteroatoms. The van der Waals surface area contributed by atoms with E-state index in [0.29, 0.717) is 19.6 Å². The number of halogens is 2. The molecule has 0 atom stereocenters. The molecule has 0 spiro atoms. The molecule has 1 aromatic carbocycles. The summed E-state index contributed by atoms with van der Waals surface area (Å²) in [7, 11) is 0. The van der Waals surface area contributed by atoms with E-state index in [9.17, 15) is 4.79 Å². The van der Waals surface area contributed by atoms with Crippen molar-refractivity contribution < 1.29 is 4.79 Å². The zero-order valence-corrected chi connectivity index (χ0v) is 15.8. The number of aromatic nitrogens is 2. The molecule has 0 fully saturated rings. The zero-order chi connectivity index (χ0) is 15.9. The second kappa shape index (κ2) is 11.1. The van der Waals surface area contributed by atoms with Gasteiger partial charge in [-0.05, 0) is 31.9 Å². The van der Waals surface area contributed by atoms with Gasteiger partial charge in [0.25, 0.3) is 0 Å². The molecule has 0 unspecified atom stereocenters. The summed E-state index contributed by atoms with van der Waals surface area (Å²) in [5, 5.41) is 4.35. The number of hydrogen-bond acceptors (Lipinski definition) is 3. The van der Waals surface area contributed by atoms with E-state index in [-0.39, 0.29) is 37.3 Å². The summed E-state index contributed by atoms with van der Waals surface area (Å²) in [6.45, 7) is 5.89. The van der Waals surface area contributed by atoms with Gasteiger partial charge in [0.2, 0.25) is 5.91 Å². The summed E-state index contributed by atoms with van der Waals surface area (Å²) in [4.78, 5) is 14.3. The monoisotopic (exact) mass is 372 g/mol. The maximum absolute atomic E-state index is 12.5. The Morgan fingerprint density at radius 2 is 1.83 bits per heavy atom. The van der Waals surface area contributed by atoms with Crippen LogP contribution in [0.3, 0.4) is 0 Å². The van der Waals surface area contributed by atoms with Gasteiger partial charge in [-0.2, -0.15) is 5.10 Å². The summed E-state index contributed by atoms with van der Waals surface area (Å²) in [6.07, 6.45) is 0.837. The van der Waals surface area contributed by atoms with Crippen molar-refractivity contribution in [2.75, 3.05) is 19.6 Å². The van der Waals surface area contributed by atoms with Gasteiger partial charge in [0.15, 0.2) is 0 Å². The molecular formula is C17H26Cl2N4O. The van der Waals surface area contributed by atoms with Crippen molar-refractivity contribution in [1.29, 1.82) is 0 Å². The van der Waals surface area contributed by atoms with Gasteiger partial charge >= 0.3 is 0 Å². The topological polar surface area (TPSA) is 64.2 Å². The Morgan fingerprint density at radius 3 is 2.38 bits per heavy atom. The van der Waals surface area contributed by atoms with E-state index in [2.05, 4.69) is 17.2 Å². The lowest BCUT2D eigenvalue weighted by Gasteiger charge is -2.22. The number of hydrogen-bond donors (Lipinski definition) is 1. The SMILES string of the molecule is Cc1cc(C)n(CC(=O)N(CCN)CCc2ccccc2)n1.Cl.Cl. The first kappa shape index (κ1) is 22.4. The molecule has 2 N–H and O–H groups in total. The van der Waals surface area contributed by atoms with Crippen molar-refractivity contribution in [2.45, 2.75) is 26.8 Å². The molecule has 2 rings (SSSR count). The van der Waals surface area contributed by atoms with Gasteiger partial charge in [-0.1, -0.05) is 30.3 Å². The Hall–Kier alpha value is -1.56. The summed E-state index contributed by atoms with van der Waals surface area (Å²) in [5.74, 6) is 0.0626. The lowest BCUT2D eigenvalue weighted by atomic mass is 10.1. The highest BCUT2D eigenvalue weighted by atomic mass is 35.5. The largest absolute Gasteiger partial charge is 0.339 e. The summed E-state index contributed by atoms with van der Waals surface area (Å²) >= 11 is 0. The van der Waals surface area contributed by atoms with Gasteiger partial charge in [0, 0.05) is 25.3 Å². The van der Waals surface area contributed by atoms with Crippen LogP contribution in [0, 0.1) is 13.8 Å². The predicted molar refractivity (Wildman–Crippen MR) is 102 cm³/mol. The minimum absolute atomic E-state index is 0. The van der Waals surface area contributed by atoms with Gasteiger partial charge in [-0.25, -0.2) is 0 Å². The summed E-state index contributed by atoms with van der Waals surface area (Å²) in [6, 6.07) is 12.2.